The second kappa shape index (κ2) is 3.81. The van der Waals surface area contributed by atoms with Crippen LogP contribution in [-0.4, -0.2) is 12.6 Å². The van der Waals surface area contributed by atoms with Gasteiger partial charge in [0.2, 0.25) is 6.79 Å². The first-order chi connectivity index (χ1) is 7.16. The van der Waals surface area contributed by atoms with Gasteiger partial charge < -0.3 is 15.2 Å². The minimum atomic E-state index is 0.246. The lowest BCUT2D eigenvalue weighted by molar-refractivity contribution is 0.174. The minimum Gasteiger partial charge on any atom is -0.454 e. The van der Waals surface area contributed by atoms with Gasteiger partial charge in [-0.3, -0.25) is 0 Å². The molecule has 0 aromatic heterocycles. The lowest BCUT2D eigenvalue weighted by Crippen LogP contribution is -2.17. The molecular weight excluding hydrogens is 192 g/mol. The first-order valence-electron chi connectivity index (χ1n) is 4.90. The van der Waals surface area contributed by atoms with Crippen molar-refractivity contribution in [2.75, 3.05) is 6.79 Å². The number of fused-ring (bicyclic) bond motifs is 1. The Balaban J connectivity index is 2.27. The first kappa shape index (κ1) is 9.83. The largest absolute Gasteiger partial charge is 0.454 e. The maximum absolute atomic E-state index is 5.77. The van der Waals surface area contributed by atoms with Gasteiger partial charge in [0, 0.05) is 12.0 Å². The van der Waals surface area contributed by atoms with E-state index in [2.05, 4.69) is 4.99 Å². The van der Waals surface area contributed by atoms with E-state index in [1.165, 1.54) is 0 Å². The molecule has 0 unspecified atom stereocenters. The van der Waals surface area contributed by atoms with E-state index in [1.54, 1.807) is 0 Å². The highest BCUT2D eigenvalue weighted by atomic mass is 16.7. The topological polar surface area (TPSA) is 56.8 Å². The van der Waals surface area contributed by atoms with Gasteiger partial charge in [-0.25, -0.2) is 4.99 Å². The van der Waals surface area contributed by atoms with Crippen molar-refractivity contribution < 1.29 is 9.47 Å². The molecule has 0 bridgehead atoms. The van der Waals surface area contributed by atoms with Gasteiger partial charge in [-0.15, -0.1) is 0 Å². The summed E-state index contributed by atoms with van der Waals surface area (Å²) >= 11 is 0. The molecule has 0 spiro atoms. The van der Waals surface area contributed by atoms with Crippen molar-refractivity contribution in [3.63, 3.8) is 0 Å². The number of rotatable bonds is 2. The molecule has 1 aliphatic rings. The number of nitrogens with two attached hydrogens (primary N) is 1. The van der Waals surface area contributed by atoms with Crippen LogP contribution < -0.4 is 15.2 Å². The monoisotopic (exact) mass is 206 g/mol. The molecule has 4 nitrogen and oxygen atoms in total. The molecule has 0 fully saturated rings. The Hall–Kier alpha value is -1.71. The van der Waals surface area contributed by atoms with E-state index in [4.69, 9.17) is 15.2 Å². The number of benzene rings is 1. The zero-order valence-corrected chi connectivity index (χ0v) is 8.86. The third-order valence-electron chi connectivity index (χ3n) is 2.21. The summed E-state index contributed by atoms with van der Waals surface area (Å²) in [6, 6.07) is 5.54. The lowest BCUT2D eigenvalue weighted by Gasteiger charge is -2.04. The Morgan fingerprint density at radius 2 is 2.07 bits per heavy atom. The summed E-state index contributed by atoms with van der Waals surface area (Å²) in [5.74, 6) is 2.36. The van der Waals surface area contributed by atoms with Crippen LogP contribution >= 0.6 is 0 Å². The summed E-state index contributed by atoms with van der Waals surface area (Å²) in [7, 11) is 0. The Morgan fingerprint density at radius 3 is 2.80 bits per heavy atom. The molecule has 0 saturated carbocycles. The zero-order valence-electron chi connectivity index (χ0n) is 8.86. The maximum atomic E-state index is 5.77. The molecule has 0 radical (unpaired) electrons. The third-order valence-corrected chi connectivity index (χ3v) is 2.21. The van der Waals surface area contributed by atoms with Gasteiger partial charge in [-0.1, -0.05) is 13.8 Å². The number of nitrogens with zero attached hydrogens (tertiary/aromatic N) is 1. The van der Waals surface area contributed by atoms with Crippen molar-refractivity contribution >= 4 is 11.5 Å². The fraction of sp³-hybridized carbons (Fsp3) is 0.364. The van der Waals surface area contributed by atoms with Gasteiger partial charge in [-0.05, 0) is 12.1 Å². The Bertz CT molecular complexity index is 400. The molecule has 0 amide bonds. The van der Waals surface area contributed by atoms with Crippen molar-refractivity contribution in [3.8, 4) is 11.5 Å². The van der Waals surface area contributed by atoms with Crippen LogP contribution in [0.3, 0.4) is 0 Å². The fourth-order valence-electron chi connectivity index (χ4n) is 1.23. The van der Waals surface area contributed by atoms with Crippen molar-refractivity contribution in [1.82, 2.24) is 0 Å². The summed E-state index contributed by atoms with van der Waals surface area (Å²) < 4.78 is 10.5. The van der Waals surface area contributed by atoms with Crippen LogP contribution in [-0.2, 0) is 0 Å². The SMILES string of the molecule is CC(C)C(N)=Nc1ccc2c(c1)OCO2. The van der Waals surface area contributed by atoms with E-state index < -0.39 is 0 Å². The zero-order chi connectivity index (χ0) is 10.8. The molecule has 0 aliphatic carbocycles. The van der Waals surface area contributed by atoms with E-state index in [-0.39, 0.29) is 12.7 Å². The molecule has 0 atom stereocenters. The minimum absolute atomic E-state index is 0.246. The van der Waals surface area contributed by atoms with Crippen LogP contribution in [0.15, 0.2) is 23.2 Å². The van der Waals surface area contributed by atoms with E-state index in [1.807, 2.05) is 32.0 Å². The average molecular weight is 206 g/mol. The highest BCUT2D eigenvalue weighted by Gasteiger charge is 2.13. The average Bonchev–Trinajstić information content (AvgIpc) is 2.64. The van der Waals surface area contributed by atoms with E-state index in [0.717, 1.165) is 17.2 Å². The number of aliphatic imine (C=N–C) groups is 1. The molecule has 1 aromatic rings. The van der Waals surface area contributed by atoms with Crippen LogP contribution in [0.2, 0.25) is 0 Å². The number of hydrogen-bond donors (Lipinski definition) is 1. The maximum Gasteiger partial charge on any atom is 0.231 e. The molecule has 1 aliphatic heterocycles. The number of amidine groups is 1. The summed E-state index contributed by atoms with van der Waals surface area (Å²) in [4.78, 5) is 4.29. The van der Waals surface area contributed by atoms with Gasteiger partial charge in [0.25, 0.3) is 0 Å². The predicted molar refractivity (Wildman–Crippen MR) is 58.7 cm³/mol. The van der Waals surface area contributed by atoms with Crippen molar-refractivity contribution in [2.45, 2.75) is 13.8 Å². The standard InChI is InChI=1S/C11H14N2O2/c1-7(2)11(12)13-8-3-4-9-10(5-8)15-6-14-9/h3-5,7H,6H2,1-2H3,(H2,12,13). The molecule has 1 heterocycles. The van der Waals surface area contributed by atoms with Gasteiger partial charge in [0.15, 0.2) is 11.5 Å². The summed E-state index contributed by atoms with van der Waals surface area (Å²) in [6.07, 6.45) is 0. The Morgan fingerprint density at radius 1 is 1.33 bits per heavy atom. The fourth-order valence-corrected chi connectivity index (χ4v) is 1.23. The quantitative estimate of drug-likeness (QED) is 0.595. The van der Waals surface area contributed by atoms with Crippen LogP contribution in [0.4, 0.5) is 5.69 Å². The van der Waals surface area contributed by atoms with Crippen LogP contribution in [0.25, 0.3) is 0 Å². The smallest absolute Gasteiger partial charge is 0.231 e. The summed E-state index contributed by atoms with van der Waals surface area (Å²) in [5.41, 5.74) is 6.57. The molecule has 15 heavy (non-hydrogen) atoms. The normalized spacial score (nSPS) is 14.7. The van der Waals surface area contributed by atoms with Gasteiger partial charge >= 0.3 is 0 Å². The second-order valence-corrected chi connectivity index (χ2v) is 3.73. The third kappa shape index (κ3) is 2.03. The van der Waals surface area contributed by atoms with Crippen LogP contribution in [0, 0.1) is 5.92 Å². The lowest BCUT2D eigenvalue weighted by atomic mass is 10.2. The molecule has 1 aromatic carbocycles. The molecule has 4 heteroatoms. The number of hydrogen-bond acceptors (Lipinski definition) is 3. The van der Waals surface area contributed by atoms with Crippen LogP contribution in [0.1, 0.15) is 13.8 Å². The van der Waals surface area contributed by atoms with Gasteiger partial charge in [0.1, 0.15) is 5.84 Å². The van der Waals surface area contributed by atoms with E-state index in [0.29, 0.717) is 5.84 Å². The molecule has 2 N–H and O–H groups in total. The summed E-state index contributed by atoms with van der Waals surface area (Å²) in [6.45, 7) is 4.29. The molecular formula is C11H14N2O2. The number of ether oxygens (including phenoxy) is 2. The first-order valence-corrected chi connectivity index (χ1v) is 4.90. The second-order valence-electron chi connectivity index (χ2n) is 3.73. The van der Waals surface area contributed by atoms with Crippen molar-refractivity contribution in [2.24, 2.45) is 16.6 Å². The summed E-state index contributed by atoms with van der Waals surface area (Å²) in [5, 5.41) is 0. The Kier molecular flexibility index (Phi) is 2.49. The van der Waals surface area contributed by atoms with E-state index in [9.17, 15) is 0 Å². The Labute approximate surface area is 88.7 Å². The molecule has 0 saturated heterocycles. The van der Waals surface area contributed by atoms with Crippen molar-refractivity contribution in [1.29, 1.82) is 0 Å². The highest BCUT2D eigenvalue weighted by molar-refractivity contribution is 5.85. The van der Waals surface area contributed by atoms with E-state index >= 15 is 0 Å². The predicted octanol–water partition coefficient (Wildman–Crippen LogP) is 2.06. The van der Waals surface area contributed by atoms with Gasteiger partial charge in [-0.2, -0.15) is 0 Å². The highest BCUT2D eigenvalue weighted by Crippen LogP contribution is 2.35. The molecule has 2 rings (SSSR count). The van der Waals surface area contributed by atoms with Gasteiger partial charge in [0.05, 0.1) is 5.69 Å². The molecule has 80 valence electrons. The van der Waals surface area contributed by atoms with Crippen LogP contribution in [0.5, 0.6) is 11.5 Å². The van der Waals surface area contributed by atoms with Crippen molar-refractivity contribution in [3.05, 3.63) is 18.2 Å².